The normalized spacial score (nSPS) is 11.2. The molecule has 2 N–H and O–H groups in total. The number of aryl methyl sites for hydroxylation is 1. The van der Waals surface area contributed by atoms with E-state index >= 15 is 0 Å². The van der Waals surface area contributed by atoms with E-state index in [9.17, 15) is 4.39 Å². The predicted octanol–water partition coefficient (Wildman–Crippen LogP) is 3.64. The van der Waals surface area contributed by atoms with Crippen LogP contribution in [0.25, 0.3) is 12.2 Å². The van der Waals surface area contributed by atoms with Crippen LogP contribution in [-0.4, -0.2) is 5.16 Å². The standard InChI is InChI=1S/C12H10BrFN2O/c1-7-12(15)11(16-17-7)5-2-8-6-9(13)3-4-10(8)14/h2-6H,15H2,1H3/b5-2+. The number of hydrogen-bond donors (Lipinski definition) is 1. The molecule has 1 aromatic carbocycles. The molecule has 2 rings (SSSR count). The van der Waals surface area contributed by atoms with Crippen LogP contribution < -0.4 is 5.73 Å². The Labute approximate surface area is 106 Å². The molecule has 0 aliphatic carbocycles. The molecular weight excluding hydrogens is 287 g/mol. The summed E-state index contributed by atoms with van der Waals surface area (Å²) in [5.74, 6) is 0.252. The SMILES string of the molecule is Cc1onc(/C=C/c2cc(Br)ccc2F)c1N. The fraction of sp³-hybridized carbons (Fsp3) is 0.0833. The maximum absolute atomic E-state index is 13.4. The van der Waals surface area contributed by atoms with E-state index in [1.165, 1.54) is 6.07 Å². The number of nitrogen functional groups attached to an aromatic ring is 1. The summed E-state index contributed by atoms with van der Waals surface area (Å²) in [5.41, 5.74) is 7.15. The van der Waals surface area contributed by atoms with Gasteiger partial charge < -0.3 is 10.3 Å². The smallest absolute Gasteiger partial charge is 0.157 e. The van der Waals surface area contributed by atoms with Crippen molar-refractivity contribution < 1.29 is 8.91 Å². The van der Waals surface area contributed by atoms with Crippen LogP contribution in [0.5, 0.6) is 0 Å². The lowest BCUT2D eigenvalue weighted by Crippen LogP contribution is -1.87. The van der Waals surface area contributed by atoms with Crippen molar-refractivity contribution in [3.8, 4) is 0 Å². The average molecular weight is 297 g/mol. The first-order chi connectivity index (χ1) is 8.08. The van der Waals surface area contributed by atoms with Crippen LogP contribution >= 0.6 is 15.9 Å². The van der Waals surface area contributed by atoms with Crippen LogP contribution in [0.3, 0.4) is 0 Å². The van der Waals surface area contributed by atoms with Crippen molar-refractivity contribution in [1.29, 1.82) is 0 Å². The molecule has 0 saturated heterocycles. The predicted molar refractivity (Wildman–Crippen MR) is 68.7 cm³/mol. The van der Waals surface area contributed by atoms with Gasteiger partial charge in [-0.05, 0) is 37.3 Å². The lowest BCUT2D eigenvalue weighted by atomic mass is 10.2. The topological polar surface area (TPSA) is 52.0 Å². The summed E-state index contributed by atoms with van der Waals surface area (Å²) in [4.78, 5) is 0. The van der Waals surface area contributed by atoms with Crippen molar-refractivity contribution in [3.05, 3.63) is 45.5 Å². The minimum absolute atomic E-state index is 0.303. The molecule has 3 nitrogen and oxygen atoms in total. The Kier molecular flexibility index (Phi) is 3.28. The third-order valence-corrected chi connectivity index (χ3v) is 2.81. The highest BCUT2D eigenvalue weighted by Gasteiger charge is 2.06. The van der Waals surface area contributed by atoms with Crippen molar-refractivity contribution in [2.45, 2.75) is 6.92 Å². The largest absolute Gasteiger partial charge is 0.394 e. The summed E-state index contributed by atoms with van der Waals surface area (Å²) in [7, 11) is 0. The van der Waals surface area contributed by atoms with E-state index in [-0.39, 0.29) is 5.82 Å². The molecule has 0 amide bonds. The Morgan fingerprint density at radius 3 is 2.82 bits per heavy atom. The van der Waals surface area contributed by atoms with E-state index in [0.717, 1.165) is 4.47 Å². The highest BCUT2D eigenvalue weighted by molar-refractivity contribution is 9.10. The molecule has 2 aromatic rings. The zero-order chi connectivity index (χ0) is 12.4. The average Bonchev–Trinajstić information content (AvgIpc) is 2.62. The lowest BCUT2D eigenvalue weighted by Gasteiger charge is -1.97. The van der Waals surface area contributed by atoms with Gasteiger partial charge in [-0.25, -0.2) is 4.39 Å². The number of hydrogen-bond acceptors (Lipinski definition) is 3. The van der Waals surface area contributed by atoms with E-state index in [1.54, 1.807) is 31.2 Å². The van der Waals surface area contributed by atoms with Crippen molar-refractivity contribution in [1.82, 2.24) is 5.16 Å². The molecule has 0 fully saturated rings. The molecule has 0 aliphatic rings. The van der Waals surface area contributed by atoms with Gasteiger partial charge in [-0.2, -0.15) is 0 Å². The van der Waals surface area contributed by atoms with Crippen molar-refractivity contribution in [2.75, 3.05) is 5.73 Å². The van der Waals surface area contributed by atoms with Gasteiger partial charge in [0.05, 0.1) is 0 Å². The Morgan fingerprint density at radius 2 is 2.18 bits per heavy atom. The maximum atomic E-state index is 13.4. The van der Waals surface area contributed by atoms with Gasteiger partial charge >= 0.3 is 0 Å². The van der Waals surface area contributed by atoms with E-state index in [2.05, 4.69) is 21.1 Å². The van der Waals surface area contributed by atoms with Gasteiger partial charge in [0.1, 0.15) is 17.2 Å². The molecule has 0 unspecified atom stereocenters. The van der Waals surface area contributed by atoms with E-state index in [0.29, 0.717) is 22.7 Å². The molecule has 5 heteroatoms. The molecule has 0 aliphatic heterocycles. The summed E-state index contributed by atoms with van der Waals surface area (Å²) in [5, 5.41) is 3.76. The van der Waals surface area contributed by atoms with Crippen LogP contribution in [0, 0.1) is 12.7 Å². The third kappa shape index (κ3) is 2.55. The van der Waals surface area contributed by atoms with Gasteiger partial charge in [-0.3, -0.25) is 0 Å². The molecular formula is C12H10BrFN2O. The second-order valence-corrected chi connectivity index (χ2v) is 4.45. The highest BCUT2D eigenvalue weighted by atomic mass is 79.9. The fourth-order valence-electron chi connectivity index (χ4n) is 1.33. The molecule has 0 atom stereocenters. The summed E-state index contributed by atoms with van der Waals surface area (Å²) in [6.45, 7) is 1.72. The quantitative estimate of drug-likeness (QED) is 0.920. The second kappa shape index (κ2) is 4.71. The van der Waals surface area contributed by atoms with Gasteiger partial charge in [0.15, 0.2) is 5.76 Å². The van der Waals surface area contributed by atoms with Gasteiger partial charge in [0.2, 0.25) is 0 Å². The molecule has 1 aromatic heterocycles. The fourth-order valence-corrected chi connectivity index (χ4v) is 1.71. The summed E-state index contributed by atoms with van der Waals surface area (Å²) in [6, 6.07) is 4.71. The van der Waals surface area contributed by atoms with Gasteiger partial charge in [0, 0.05) is 10.0 Å². The Balaban J connectivity index is 2.32. The summed E-state index contributed by atoms with van der Waals surface area (Å²) >= 11 is 3.28. The zero-order valence-electron chi connectivity index (χ0n) is 9.08. The van der Waals surface area contributed by atoms with Crippen LogP contribution in [0.4, 0.5) is 10.1 Å². The molecule has 0 spiro atoms. The second-order valence-electron chi connectivity index (χ2n) is 3.54. The molecule has 0 saturated carbocycles. The molecule has 0 bridgehead atoms. The van der Waals surface area contributed by atoms with Crippen molar-refractivity contribution >= 4 is 33.8 Å². The zero-order valence-corrected chi connectivity index (χ0v) is 10.7. The Morgan fingerprint density at radius 1 is 1.41 bits per heavy atom. The monoisotopic (exact) mass is 296 g/mol. The molecule has 88 valence electrons. The number of nitrogens with zero attached hydrogens (tertiary/aromatic N) is 1. The third-order valence-electron chi connectivity index (χ3n) is 2.31. The van der Waals surface area contributed by atoms with Crippen LogP contribution in [0.2, 0.25) is 0 Å². The maximum Gasteiger partial charge on any atom is 0.157 e. The number of halogens is 2. The summed E-state index contributed by atoms with van der Waals surface area (Å²) < 4.78 is 19.1. The lowest BCUT2D eigenvalue weighted by molar-refractivity contribution is 0.397. The first-order valence-electron chi connectivity index (χ1n) is 4.93. The molecule has 0 radical (unpaired) electrons. The molecule has 17 heavy (non-hydrogen) atoms. The van der Waals surface area contributed by atoms with Gasteiger partial charge in [-0.15, -0.1) is 0 Å². The number of nitrogens with two attached hydrogens (primary N) is 1. The Bertz CT molecular complexity index is 578. The van der Waals surface area contributed by atoms with Gasteiger partial charge in [-0.1, -0.05) is 21.1 Å². The summed E-state index contributed by atoms with van der Waals surface area (Å²) in [6.07, 6.45) is 3.23. The van der Waals surface area contributed by atoms with E-state index in [4.69, 9.17) is 10.3 Å². The highest BCUT2D eigenvalue weighted by Crippen LogP contribution is 2.20. The van der Waals surface area contributed by atoms with Crippen molar-refractivity contribution in [2.24, 2.45) is 0 Å². The van der Waals surface area contributed by atoms with Gasteiger partial charge in [0.25, 0.3) is 0 Å². The molecule has 1 heterocycles. The minimum Gasteiger partial charge on any atom is -0.394 e. The first kappa shape index (κ1) is 11.9. The minimum atomic E-state index is -0.303. The van der Waals surface area contributed by atoms with E-state index < -0.39 is 0 Å². The van der Waals surface area contributed by atoms with E-state index in [1.807, 2.05) is 0 Å². The first-order valence-corrected chi connectivity index (χ1v) is 5.72. The van der Waals surface area contributed by atoms with Crippen LogP contribution in [0.1, 0.15) is 17.0 Å². The number of aromatic nitrogens is 1. The Hall–Kier alpha value is -1.62. The number of anilines is 1. The van der Waals surface area contributed by atoms with Crippen LogP contribution in [-0.2, 0) is 0 Å². The van der Waals surface area contributed by atoms with Crippen molar-refractivity contribution in [3.63, 3.8) is 0 Å². The van der Waals surface area contributed by atoms with Crippen LogP contribution in [0.15, 0.2) is 27.2 Å². The number of rotatable bonds is 2. The number of benzene rings is 1.